The smallest absolute Gasteiger partial charge is 0.137 e. The molecule has 0 bridgehead atoms. The van der Waals surface area contributed by atoms with Crippen LogP contribution in [0, 0.1) is 11.3 Å². The van der Waals surface area contributed by atoms with Crippen molar-refractivity contribution in [3.63, 3.8) is 0 Å². The molecule has 2 aromatic carbocycles. The van der Waals surface area contributed by atoms with Crippen LogP contribution >= 0.6 is 12.4 Å². The van der Waals surface area contributed by atoms with E-state index in [0.29, 0.717) is 5.56 Å². The quantitative estimate of drug-likeness (QED) is 0.750. The monoisotopic (exact) mass is 339 g/mol. The molecular weight excluding hydrogens is 322 g/mol. The van der Waals surface area contributed by atoms with Gasteiger partial charge < -0.3 is 5.32 Å². The average Bonchev–Trinajstić information content (AvgIpc) is 3.10. The molecule has 0 radical (unpaired) electrons. The Morgan fingerprint density at radius 3 is 2.46 bits per heavy atom. The number of rotatable bonds is 6. The lowest BCUT2D eigenvalue weighted by molar-refractivity contribution is 0.680. The molecule has 0 spiro atoms. The summed E-state index contributed by atoms with van der Waals surface area (Å²) in [5.41, 5.74) is 4.23. The van der Waals surface area contributed by atoms with Gasteiger partial charge in [0, 0.05) is 13.1 Å². The number of nitrogens with zero attached hydrogens (tertiary/aromatic N) is 4. The van der Waals surface area contributed by atoms with Crippen molar-refractivity contribution in [3.05, 3.63) is 83.4 Å². The summed E-state index contributed by atoms with van der Waals surface area (Å²) in [6, 6.07) is 18.3. The van der Waals surface area contributed by atoms with E-state index < -0.39 is 0 Å². The van der Waals surface area contributed by atoms with E-state index in [0.717, 1.165) is 25.2 Å². The van der Waals surface area contributed by atoms with Crippen molar-refractivity contribution in [1.82, 2.24) is 20.1 Å². The molecule has 1 N–H and O–H groups in total. The lowest BCUT2D eigenvalue weighted by Gasteiger charge is -2.07. The third-order valence-electron chi connectivity index (χ3n) is 3.55. The maximum atomic E-state index is 8.90. The largest absolute Gasteiger partial charge is 0.309 e. The highest BCUT2D eigenvalue weighted by Gasteiger charge is 1.99. The Hall–Kier alpha value is -2.68. The second-order valence-corrected chi connectivity index (χ2v) is 5.33. The van der Waals surface area contributed by atoms with E-state index in [1.165, 1.54) is 11.1 Å². The van der Waals surface area contributed by atoms with Crippen LogP contribution in [0.1, 0.15) is 22.3 Å². The molecule has 0 unspecified atom stereocenters. The number of nitrogens with one attached hydrogen (secondary N) is 1. The first-order valence-electron chi connectivity index (χ1n) is 7.43. The molecule has 1 aromatic heterocycles. The Balaban J connectivity index is 0.00000208. The van der Waals surface area contributed by atoms with E-state index in [4.69, 9.17) is 5.26 Å². The molecule has 0 saturated carbocycles. The van der Waals surface area contributed by atoms with Gasteiger partial charge in [0.1, 0.15) is 12.7 Å². The van der Waals surface area contributed by atoms with E-state index in [-0.39, 0.29) is 12.4 Å². The number of nitriles is 1. The lowest BCUT2D eigenvalue weighted by atomic mass is 10.1. The van der Waals surface area contributed by atoms with E-state index in [1.807, 2.05) is 24.3 Å². The van der Waals surface area contributed by atoms with Crippen LogP contribution in [0.25, 0.3) is 0 Å². The molecule has 3 aromatic rings. The van der Waals surface area contributed by atoms with Crippen LogP contribution in [-0.2, 0) is 19.6 Å². The number of hydrogen-bond donors (Lipinski definition) is 1. The van der Waals surface area contributed by atoms with Crippen molar-refractivity contribution < 1.29 is 0 Å². The maximum absolute atomic E-state index is 8.90. The topological polar surface area (TPSA) is 66.5 Å². The molecule has 6 heteroatoms. The van der Waals surface area contributed by atoms with E-state index in [1.54, 1.807) is 17.3 Å². The third-order valence-corrected chi connectivity index (χ3v) is 3.55. The van der Waals surface area contributed by atoms with Gasteiger partial charge in [-0.2, -0.15) is 10.4 Å². The zero-order valence-corrected chi connectivity index (χ0v) is 13.9. The molecule has 0 aliphatic rings. The zero-order valence-electron chi connectivity index (χ0n) is 13.1. The van der Waals surface area contributed by atoms with Crippen LogP contribution in [0.4, 0.5) is 0 Å². The highest BCUT2D eigenvalue weighted by molar-refractivity contribution is 5.85. The molecule has 0 aliphatic carbocycles. The molecule has 0 atom stereocenters. The molecule has 0 saturated heterocycles. The first-order valence-corrected chi connectivity index (χ1v) is 7.43. The molecule has 0 amide bonds. The molecule has 1 heterocycles. The van der Waals surface area contributed by atoms with Gasteiger partial charge in [0.25, 0.3) is 0 Å². The summed E-state index contributed by atoms with van der Waals surface area (Å²) < 4.78 is 1.80. The summed E-state index contributed by atoms with van der Waals surface area (Å²) in [6.07, 6.45) is 3.25. The second kappa shape index (κ2) is 8.82. The molecule has 24 heavy (non-hydrogen) atoms. The van der Waals surface area contributed by atoms with E-state index in [2.05, 4.69) is 45.7 Å². The van der Waals surface area contributed by atoms with Gasteiger partial charge in [-0.15, -0.1) is 12.4 Å². The van der Waals surface area contributed by atoms with Crippen molar-refractivity contribution in [1.29, 1.82) is 5.26 Å². The summed E-state index contributed by atoms with van der Waals surface area (Å²) in [7, 11) is 0. The van der Waals surface area contributed by atoms with Gasteiger partial charge in [-0.3, -0.25) is 0 Å². The average molecular weight is 340 g/mol. The Morgan fingerprint density at radius 1 is 1.00 bits per heavy atom. The summed E-state index contributed by atoms with van der Waals surface area (Å²) in [5.74, 6) is 0. The highest BCUT2D eigenvalue weighted by Crippen LogP contribution is 2.07. The van der Waals surface area contributed by atoms with E-state index in [9.17, 15) is 0 Å². The Kier molecular flexibility index (Phi) is 6.50. The fourth-order valence-electron chi connectivity index (χ4n) is 2.37. The minimum Gasteiger partial charge on any atom is -0.309 e. The fraction of sp³-hybridized carbons (Fsp3) is 0.167. The molecule has 5 nitrogen and oxygen atoms in total. The van der Waals surface area contributed by atoms with Crippen molar-refractivity contribution >= 4 is 12.4 Å². The standard InChI is InChI=1S/C18H17N5.ClH/c19-9-17-2-1-3-18(8-17)11-20-10-15-4-6-16(7-5-15)12-23-14-21-13-22-23;/h1-8,13-14,20H,10-12H2;1H. The van der Waals surface area contributed by atoms with Crippen LogP contribution in [0.3, 0.4) is 0 Å². The van der Waals surface area contributed by atoms with Crippen LogP contribution in [0.5, 0.6) is 0 Å². The first-order chi connectivity index (χ1) is 11.3. The van der Waals surface area contributed by atoms with Crippen LogP contribution in [-0.4, -0.2) is 14.8 Å². The number of benzene rings is 2. The third kappa shape index (κ3) is 4.92. The fourth-order valence-corrected chi connectivity index (χ4v) is 2.37. The van der Waals surface area contributed by atoms with Gasteiger partial charge in [-0.05, 0) is 28.8 Å². The normalized spacial score (nSPS) is 9.96. The van der Waals surface area contributed by atoms with Gasteiger partial charge in [0.2, 0.25) is 0 Å². The molecule has 3 rings (SSSR count). The highest BCUT2D eigenvalue weighted by atomic mass is 35.5. The van der Waals surface area contributed by atoms with Crippen molar-refractivity contribution in [3.8, 4) is 6.07 Å². The Bertz CT molecular complexity index is 791. The van der Waals surface area contributed by atoms with Gasteiger partial charge in [0.15, 0.2) is 0 Å². The second-order valence-electron chi connectivity index (χ2n) is 5.33. The van der Waals surface area contributed by atoms with Crippen molar-refractivity contribution in [2.45, 2.75) is 19.6 Å². The molecule has 122 valence electrons. The number of hydrogen-bond acceptors (Lipinski definition) is 4. The minimum absolute atomic E-state index is 0. The van der Waals surface area contributed by atoms with Crippen LogP contribution < -0.4 is 5.32 Å². The molecule has 0 fully saturated rings. The van der Waals surface area contributed by atoms with Crippen LogP contribution in [0.2, 0.25) is 0 Å². The van der Waals surface area contributed by atoms with E-state index >= 15 is 0 Å². The Labute approximate surface area is 147 Å². The zero-order chi connectivity index (χ0) is 15.9. The summed E-state index contributed by atoms with van der Waals surface area (Å²) in [4.78, 5) is 3.94. The minimum atomic E-state index is 0. The van der Waals surface area contributed by atoms with Gasteiger partial charge in [-0.25, -0.2) is 9.67 Å². The van der Waals surface area contributed by atoms with Gasteiger partial charge in [-0.1, -0.05) is 36.4 Å². The van der Waals surface area contributed by atoms with Crippen molar-refractivity contribution in [2.24, 2.45) is 0 Å². The summed E-state index contributed by atoms with van der Waals surface area (Å²) in [6.45, 7) is 2.27. The predicted octanol–water partition coefficient (Wildman–Crippen LogP) is 2.91. The lowest BCUT2D eigenvalue weighted by Crippen LogP contribution is -2.12. The van der Waals surface area contributed by atoms with Crippen LogP contribution in [0.15, 0.2) is 61.2 Å². The molecular formula is C18H18ClN5. The Morgan fingerprint density at radius 2 is 1.75 bits per heavy atom. The molecule has 0 aliphatic heterocycles. The van der Waals surface area contributed by atoms with Gasteiger partial charge in [0.05, 0.1) is 18.2 Å². The summed E-state index contributed by atoms with van der Waals surface area (Å²) in [5, 5.41) is 16.4. The van der Waals surface area contributed by atoms with Gasteiger partial charge >= 0.3 is 0 Å². The number of halogens is 1. The SMILES string of the molecule is Cl.N#Cc1cccc(CNCc2ccc(Cn3cncn3)cc2)c1. The predicted molar refractivity (Wildman–Crippen MR) is 94.5 cm³/mol. The maximum Gasteiger partial charge on any atom is 0.137 e. The first kappa shape index (κ1) is 17.7. The summed E-state index contributed by atoms with van der Waals surface area (Å²) >= 11 is 0. The van der Waals surface area contributed by atoms with Crippen molar-refractivity contribution in [2.75, 3.05) is 0 Å². The number of aromatic nitrogens is 3.